The molecule has 2 aliphatic heterocycles. The number of carbonyl (C=O) groups excluding carboxylic acids is 1. The SMILES string of the molecule is CC/C=C\C/C=C\C/C=C\C/C=C\CCCCCCCCCCCCCCCCC(=O)NC(COC1OC(CO)C(OC2OC(CO)C(O)C(O)C2O)C(O)C1O)C(O)/C=C/CCC. The number of carbonyl (C=O) groups is 1. The van der Waals surface area contributed by atoms with Crippen LogP contribution in [0.25, 0.3) is 0 Å². The molecule has 1 amide bonds. The highest BCUT2D eigenvalue weighted by Crippen LogP contribution is 2.30. The second-order valence-electron chi connectivity index (χ2n) is 17.2. The molecule has 0 radical (unpaired) electrons. The molecular formula is C50H87NO13. The van der Waals surface area contributed by atoms with Crippen LogP contribution in [0, 0.1) is 0 Å². The molecule has 0 aliphatic carbocycles. The van der Waals surface area contributed by atoms with Crippen LogP contribution in [0.15, 0.2) is 60.8 Å². The summed E-state index contributed by atoms with van der Waals surface area (Å²) >= 11 is 0. The van der Waals surface area contributed by atoms with Gasteiger partial charge in [-0.15, -0.1) is 0 Å². The average molecular weight is 910 g/mol. The van der Waals surface area contributed by atoms with E-state index in [0.717, 1.165) is 57.8 Å². The third kappa shape index (κ3) is 23.9. The second-order valence-corrected chi connectivity index (χ2v) is 17.2. The summed E-state index contributed by atoms with van der Waals surface area (Å²) in [6, 6.07) is -0.911. The third-order valence-corrected chi connectivity index (χ3v) is 11.7. The smallest absolute Gasteiger partial charge is 0.220 e. The first-order valence-electron chi connectivity index (χ1n) is 24.5. The lowest BCUT2D eigenvalue weighted by Crippen LogP contribution is -2.65. The molecule has 2 aliphatic rings. The van der Waals surface area contributed by atoms with Gasteiger partial charge in [-0.2, -0.15) is 0 Å². The first-order valence-corrected chi connectivity index (χ1v) is 24.5. The van der Waals surface area contributed by atoms with Gasteiger partial charge in [0.25, 0.3) is 0 Å². The minimum Gasteiger partial charge on any atom is -0.394 e. The number of rotatable bonds is 36. The van der Waals surface area contributed by atoms with E-state index >= 15 is 0 Å². The number of aliphatic hydroxyl groups is 8. The Morgan fingerprint density at radius 3 is 1.62 bits per heavy atom. The fourth-order valence-electron chi connectivity index (χ4n) is 7.70. The van der Waals surface area contributed by atoms with Crippen LogP contribution in [-0.4, -0.2) is 140 Å². The van der Waals surface area contributed by atoms with Crippen LogP contribution in [-0.2, 0) is 23.7 Å². The molecular weight excluding hydrogens is 823 g/mol. The van der Waals surface area contributed by atoms with Gasteiger partial charge in [0.05, 0.1) is 32.0 Å². The molecule has 0 spiro atoms. The van der Waals surface area contributed by atoms with Crippen molar-refractivity contribution in [3.8, 4) is 0 Å². The molecule has 0 bridgehead atoms. The molecule has 0 aromatic heterocycles. The van der Waals surface area contributed by atoms with Gasteiger partial charge >= 0.3 is 0 Å². The maximum Gasteiger partial charge on any atom is 0.220 e. The quantitative estimate of drug-likeness (QED) is 0.0265. The van der Waals surface area contributed by atoms with E-state index in [-0.39, 0.29) is 18.9 Å². The van der Waals surface area contributed by atoms with Gasteiger partial charge in [-0.05, 0) is 51.4 Å². The van der Waals surface area contributed by atoms with E-state index in [0.29, 0.717) is 6.42 Å². The van der Waals surface area contributed by atoms with Crippen LogP contribution < -0.4 is 5.32 Å². The molecule has 2 heterocycles. The minimum atomic E-state index is -1.79. The number of unbranched alkanes of at least 4 members (excludes halogenated alkanes) is 15. The van der Waals surface area contributed by atoms with Crippen molar-refractivity contribution in [2.24, 2.45) is 0 Å². The highest BCUT2D eigenvalue weighted by Gasteiger charge is 2.51. The van der Waals surface area contributed by atoms with Gasteiger partial charge in [0.15, 0.2) is 12.6 Å². The molecule has 2 fully saturated rings. The van der Waals surface area contributed by atoms with Crippen molar-refractivity contribution in [3.05, 3.63) is 60.8 Å². The standard InChI is InChI=1S/C50H87NO13/c1-3-5-7-8-9-10-11-12-13-14-15-16-17-18-19-20-21-22-23-24-25-26-27-28-29-30-32-34-42(55)51-38(39(54)33-31-6-4-2)37-61-49-47(60)45(58)48(41(36-53)63-49)64-50-46(59)44(57)43(56)40(35-52)62-50/h5,7,9-10,12-13,15-16,31,33,38-41,43-50,52-54,56-60H,3-4,6,8,11,14,17-30,32,34-37H2,1-2H3,(H,51,55)/b7-5-,10-9-,13-12-,16-15-,33-31+. The molecule has 14 nitrogen and oxygen atoms in total. The topological polar surface area (TPSA) is 228 Å². The molecule has 14 heteroatoms. The fraction of sp³-hybridized carbons (Fsp3) is 0.780. The predicted molar refractivity (Wildman–Crippen MR) is 249 cm³/mol. The zero-order valence-electron chi connectivity index (χ0n) is 39.0. The largest absolute Gasteiger partial charge is 0.394 e. The fourth-order valence-corrected chi connectivity index (χ4v) is 7.70. The van der Waals surface area contributed by atoms with E-state index < -0.39 is 86.8 Å². The summed E-state index contributed by atoms with van der Waals surface area (Å²) in [5, 5.41) is 85.8. The van der Waals surface area contributed by atoms with Crippen LogP contribution in [0.3, 0.4) is 0 Å². The van der Waals surface area contributed by atoms with E-state index in [1.807, 2.05) is 6.92 Å². The number of ether oxygens (including phenoxy) is 4. The van der Waals surface area contributed by atoms with Crippen molar-refractivity contribution in [2.45, 2.75) is 229 Å². The molecule has 9 N–H and O–H groups in total. The van der Waals surface area contributed by atoms with Crippen LogP contribution in [0.5, 0.6) is 0 Å². The molecule has 64 heavy (non-hydrogen) atoms. The van der Waals surface area contributed by atoms with Crippen LogP contribution >= 0.6 is 0 Å². The molecule has 2 rings (SSSR count). The lowest BCUT2D eigenvalue weighted by Gasteiger charge is -2.46. The maximum atomic E-state index is 13.0. The van der Waals surface area contributed by atoms with E-state index in [1.165, 1.54) is 70.6 Å². The summed E-state index contributed by atoms with van der Waals surface area (Å²) < 4.78 is 22.4. The predicted octanol–water partition coefficient (Wildman–Crippen LogP) is 5.88. The van der Waals surface area contributed by atoms with Gasteiger partial charge < -0.3 is 65.1 Å². The summed E-state index contributed by atoms with van der Waals surface area (Å²) in [6.45, 7) is 2.43. The van der Waals surface area contributed by atoms with Crippen molar-refractivity contribution in [1.29, 1.82) is 0 Å². The minimum absolute atomic E-state index is 0.256. The summed E-state index contributed by atoms with van der Waals surface area (Å²) in [4.78, 5) is 13.0. The number of hydrogen-bond acceptors (Lipinski definition) is 13. The van der Waals surface area contributed by atoms with Crippen molar-refractivity contribution in [3.63, 3.8) is 0 Å². The first kappa shape index (κ1) is 57.8. The average Bonchev–Trinajstić information content (AvgIpc) is 3.29. The van der Waals surface area contributed by atoms with Gasteiger partial charge in [-0.1, -0.05) is 158 Å². The Bertz CT molecular complexity index is 1310. The van der Waals surface area contributed by atoms with Gasteiger partial charge in [0.1, 0.15) is 48.8 Å². The van der Waals surface area contributed by atoms with Crippen molar-refractivity contribution in [2.75, 3.05) is 19.8 Å². The van der Waals surface area contributed by atoms with E-state index in [1.54, 1.807) is 12.2 Å². The zero-order valence-corrected chi connectivity index (χ0v) is 39.0. The summed E-state index contributed by atoms with van der Waals surface area (Å²) in [6.07, 6.45) is 28.2. The highest BCUT2D eigenvalue weighted by atomic mass is 16.7. The Hall–Kier alpha value is -2.31. The molecule has 2 saturated heterocycles. The molecule has 0 saturated carbocycles. The third-order valence-electron chi connectivity index (χ3n) is 11.7. The van der Waals surface area contributed by atoms with Crippen molar-refractivity contribution in [1.82, 2.24) is 5.32 Å². The van der Waals surface area contributed by atoms with Crippen LogP contribution in [0.2, 0.25) is 0 Å². The van der Waals surface area contributed by atoms with Gasteiger partial charge in [-0.25, -0.2) is 0 Å². The summed E-state index contributed by atoms with van der Waals surface area (Å²) in [5.41, 5.74) is 0. The molecule has 12 unspecified atom stereocenters. The molecule has 12 atom stereocenters. The normalized spacial score (nSPS) is 27.8. The lowest BCUT2D eigenvalue weighted by molar-refractivity contribution is -0.359. The Morgan fingerprint density at radius 2 is 1.08 bits per heavy atom. The van der Waals surface area contributed by atoms with Crippen molar-refractivity contribution < 1.29 is 64.6 Å². The molecule has 0 aromatic carbocycles. The Balaban J connectivity index is 1.60. The first-order chi connectivity index (χ1) is 31.1. The number of aliphatic hydroxyl groups excluding tert-OH is 8. The van der Waals surface area contributed by atoms with E-state index in [2.05, 4.69) is 60.8 Å². The number of amides is 1. The summed E-state index contributed by atoms with van der Waals surface area (Å²) in [5.74, 6) is -0.256. The van der Waals surface area contributed by atoms with Gasteiger partial charge in [-0.3, -0.25) is 4.79 Å². The summed E-state index contributed by atoms with van der Waals surface area (Å²) in [7, 11) is 0. The van der Waals surface area contributed by atoms with Crippen LogP contribution in [0.1, 0.15) is 155 Å². The highest BCUT2D eigenvalue weighted by molar-refractivity contribution is 5.76. The molecule has 370 valence electrons. The van der Waals surface area contributed by atoms with Gasteiger partial charge in [0, 0.05) is 6.42 Å². The Kier molecular flexibility index (Phi) is 33.2. The van der Waals surface area contributed by atoms with E-state index in [9.17, 15) is 45.6 Å². The molecule has 0 aromatic rings. The van der Waals surface area contributed by atoms with Gasteiger partial charge in [0.2, 0.25) is 5.91 Å². The zero-order chi connectivity index (χ0) is 46.8. The number of allylic oxidation sites excluding steroid dienone is 9. The maximum absolute atomic E-state index is 13.0. The van der Waals surface area contributed by atoms with Crippen molar-refractivity contribution >= 4 is 5.91 Å². The lowest BCUT2D eigenvalue weighted by atomic mass is 9.97. The number of hydrogen-bond donors (Lipinski definition) is 9. The Labute approximate surface area is 384 Å². The number of nitrogens with one attached hydrogen (secondary N) is 1. The van der Waals surface area contributed by atoms with Crippen LogP contribution in [0.4, 0.5) is 0 Å². The Morgan fingerprint density at radius 1 is 0.578 bits per heavy atom. The monoisotopic (exact) mass is 910 g/mol. The second kappa shape index (κ2) is 36.8. The van der Waals surface area contributed by atoms with E-state index in [4.69, 9.17) is 18.9 Å².